The predicted octanol–water partition coefficient (Wildman–Crippen LogP) is 2.71. The molecule has 6 heteroatoms. The predicted molar refractivity (Wildman–Crippen MR) is 96.0 cm³/mol. The summed E-state index contributed by atoms with van der Waals surface area (Å²) in [6, 6.07) is 8.20. The first-order valence-electron chi connectivity index (χ1n) is 7.86. The first-order valence-corrected chi connectivity index (χ1v) is 8.24. The molecule has 2 rings (SSSR count). The number of carbonyl (C=O) groups excluding carboxylic acids is 1. The number of carbonyl (C=O) groups is 1. The summed E-state index contributed by atoms with van der Waals surface area (Å²) in [5.41, 5.74) is 3.83. The van der Waals surface area contributed by atoms with Crippen molar-refractivity contribution in [3.8, 4) is 0 Å². The summed E-state index contributed by atoms with van der Waals surface area (Å²) in [6.45, 7) is 4.99. The maximum Gasteiger partial charge on any atom is 0.244 e. The van der Waals surface area contributed by atoms with Crippen LogP contribution < -0.4 is 5.32 Å². The number of amides is 1. The average molecular weight is 348 g/mol. The van der Waals surface area contributed by atoms with Crippen molar-refractivity contribution in [2.75, 3.05) is 13.2 Å². The third-order valence-electron chi connectivity index (χ3n) is 3.60. The lowest BCUT2D eigenvalue weighted by atomic mass is 10.1. The first-order chi connectivity index (χ1) is 11.5. The summed E-state index contributed by atoms with van der Waals surface area (Å²) in [7, 11) is 0. The van der Waals surface area contributed by atoms with E-state index >= 15 is 0 Å². The SMILES string of the molecule is Cc1ccc(Cn2nc(C)c(/C=C/C(=O)NCCCO)c2Cl)cc1. The molecule has 0 radical (unpaired) electrons. The smallest absolute Gasteiger partial charge is 0.244 e. The van der Waals surface area contributed by atoms with Gasteiger partial charge in [-0.1, -0.05) is 41.4 Å². The van der Waals surface area contributed by atoms with Crippen molar-refractivity contribution in [2.24, 2.45) is 0 Å². The van der Waals surface area contributed by atoms with Crippen LogP contribution in [0.1, 0.15) is 28.8 Å². The Morgan fingerprint density at radius 3 is 2.71 bits per heavy atom. The van der Waals surface area contributed by atoms with Gasteiger partial charge in [0.1, 0.15) is 5.15 Å². The standard InChI is InChI=1S/C18H22ClN3O2/c1-13-4-6-15(7-5-13)12-22-18(19)16(14(2)21-22)8-9-17(24)20-10-3-11-23/h4-9,23H,3,10-12H2,1-2H3,(H,20,24)/b9-8+. The van der Waals surface area contributed by atoms with Gasteiger partial charge in [-0.15, -0.1) is 0 Å². The highest BCUT2D eigenvalue weighted by atomic mass is 35.5. The van der Waals surface area contributed by atoms with Crippen molar-refractivity contribution < 1.29 is 9.90 Å². The summed E-state index contributed by atoms with van der Waals surface area (Å²) in [5.74, 6) is -0.217. The van der Waals surface area contributed by atoms with Crippen molar-refractivity contribution >= 4 is 23.6 Å². The first kappa shape index (κ1) is 18.2. The van der Waals surface area contributed by atoms with Crippen LogP contribution in [0.2, 0.25) is 5.15 Å². The molecular formula is C18H22ClN3O2. The second-order valence-corrected chi connectivity index (χ2v) is 5.99. The number of aliphatic hydroxyl groups excluding tert-OH is 1. The third-order valence-corrected chi connectivity index (χ3v) is 4.00. The molecule has 0 aliphatic heterocycles. The van der Waals surface area contributed by atoms with E-state index in [2.05, 4.69) is 22.5 Å². The maximum atomic E-state index is 11.7. The number of aromatic nitrogens is 2. The highest BCUT2D eigenvalue weighted by Crippen LogP contribution is 2.22. The lowest BCUT2D eigenvalue weighted by Gasteiger charge is -2.04. The fourth-order valence-corrected chi connectivity index (χ4v) is 2.53. The van der Waals surface area contributed by atoms with Crippen LogP contribution in [-0.2, 0) is 11.3 Å². The van der Waals surface area contributed by atoms with Gasteiger partial charge in [-0.2, -0.15) is 5.10 Å². The van der Waals surface area contributed by atoms with E-state index in [1.807, 2.05) is 26.0 Å². The zero-order valence-electron chi connectivity index (χ0n) is 13.9. The van der Waals surface area contributed by atoms with E-state index in [1.165, 1.54) is 11.6 Å². The van der Waals surface area contributed by atoms with Gasteiger partial charge in [0, 0.05) is 24.8 Å². The van der Waals surface area contributed by atoms with Crippen molar-refractivity contribution in [1.82, 2.24) is 15.1 Å². The topological polar surface area (TPSA) is 67.2 Å². The molecule has 2 aromatic rings. The van der Waals surface area contributed by atoms with Crippen molar-refractivity contribution in [1.29, 1.82) is 0 Å². The number of nitrogens with one attached hydrogen (secondary N) is 1. The minimum atomic E-state index is -0.217. The van der Waals surface area contributed by atoms with Crippen LogP contribution >= 0.6 is 11.6 Å². The Bertz CT molecular complexity index is 721. The van der Waals surface area contributed by atoms with Crippen molar-refractivity contribution in [3.63, 3.8) is 0 Å². The summed E-state index contributed by atoms with van der Waals surface area (Å²) in [6.07, 6.45) is 3.64. The summed E-state index contributed by atoms with van der Waals surface area (Å²) < 4.78 is 1.73. The van der Waals surface area contributed by atoms with Crippen molar-refractivity contribution in [3.05, 3.63) is 57.9 Å². The molecule has 0 aliphatic carbocycles. The van der Waals surface area contributed by atoms with Crippen molar-refractivity contribution in [2.45, 2.75) is 26.8 Å². The molecule has 1 heterocycles. The summed E-state index contributed by atoms with van der Waals surface area (Å²) >= 11 is 6.41. The van der Waals surface area contributed by atoms with Gasteiger partial charge in [0.2, 0.25) is 5.91 Å². The second kappa shape index (κ2) is 8.66. The number of benzene rings is 1. The molecule has 1 amide bonds. The molecule has 2 N–H and O–H groups in total. The lowest BCUT2D eigenvalue weighted by Crippen LogP contribution is -2.22. The Labute approximate surface area is 146 Å². The number of aryl methyl sites for hydroxylation is 2. The molecule has 24 heavy (non-hydrogen) atoms. The monoisotopic (exact) mass is 347 g/mol. The van der Waals surface area contributed by atoms with E-state index in [1.54, 1.807) is 10.8 Å². The molecule has 5 nitrogen and oxygen atoms in total. The highest BCUT2D eigenvalue weighted by Gasteiger charge is 2.11. The number of aliphatic hydroxyl groups is 1. The van der Waals surface area contributed by atoms with Crippen LogP contribution in [0.15, 0.2) is 30.3 Å². The lowest BCUT2D eigenvalue weighted by molar-refractivity contribution is -0.116. The molecule has 0 bridgehead atoms. The Morgan fingerprint density at radius 2 is 2.04 bits per heavy atom. The van der Waals surface area contributed by atoms with Crippen LogP contribution in [0.25, 0.3) is 6.08 Å². The number of nitrogens with zero attached hydrogens (tertiary/aromatic N) is 2. The molecule has 1 aromatic carbocycles. The second-order valence-electron chi connectivity index (χ2n) is 5.63. The van der Waals surface area contributed by atoms with Crippen LogP contribution in [0.4, 0.5) is 0 Å². The van der Waals surface area contributed by atoms with Gasteiger partial charge in [0.15, 0.2) is 0 Å². The van der Waals surface area contributed by atoms with E-state index in [9.17, 15) is 4.79 Å². The molecule has 1 aromatic heterocycles. The third kappa shape index (κ3) is 4.94. The van der Waals surface area contributed by atoms with Crippen LogP contribution in [0.3, 0.4) is 0 Å². The normalized spacial score (nSPS) is 11.2. The van der Waals surface area contributed by atoms with E-state index in [0.717, 1.165) is 16.8 Å². The molecule has 0 aliphatic rings. The Kier molecular flexibility index (Phi) is 6.58. The Hall–Kier alpha value is -2.11. The van der Waals surface area contributed by atoms with Gasteiger partial charge in [-0.3, -0.25) is 4.79 Å². The van der Waals surface area contributed by atoms with Crippen LogP contribution in [0, 0.1) is 13.8 Å². The zero-order valence-corrected chi connectivity index (χ0v) is 14.7. The molecule has 128 valence electrons. The quantitative estimate of drug-likeness (QED) is 0.597. The fourth-order valence-electron chi connectivity index (χ4n) is 2.24. The molecule has 0 unspecified atom stereocenters. The van der Waals surface area contributed by atoms with Gasteiger partial charge in [-0.05, 0) is 31.9 Å². The summed E-state index contributed by atoms with van der Waals surface area (Å²) in [5, 5.41) is 16.3. The molecular weight excluding hydrogens is 326 g/mol. The highest BCUT2D eigenvalue weighted by molar-refractivity contribution is 6.31. The number of rotatable bonds is 7. The van der Waals surface area contributed by atoms with E-state index in [-0.39, 0.29) is 12.5 Å². The molecule has 0 spiro atoms. The molecule has 0 saturated carbocycles. The fraction of sp³-hybridized carbons (Fsp3) is 0.333. The van der Waals surface area contributed by atoms with Gasteiger partial charge >= 0.3 is 0 Å². The van der Waals surface area contributed by atoms with E-state index in [4.69, 9.17) is 16.7 Å². The number of halogens is 1. The summed E-state index contributed by atoms with van der Waals surface area (Å²) in [4.78, 5) is 11.7. The largest absolute Gasteiger partial charge is 0.396 e. The van der Waals surface area contributed by atoms with Gasteiger partial charge in [0.05, 0.1) is 12.2 Å². The molecule has 0 saturated heterocycles. The van der Waals surface area contributed by atoms with Crippen LogP contribution in [-0.4, -0.2) is 33.9 Å². The Balaban J connectivity index is 2.08. The zero-order chi connectivity index (χ0) is 17.5. The minimum Gasteiger partial charge on any atom is -0.396 e. The van der Waals surface area contributed by atoms with Gasteiger partial charge < -0.3 is 10.4 Å². The average Bonchev–Trinajstić information content (AvgIpc) is 2.82. The molecule has 0 atom stereocenters. The molecule has 0 fully saturated rings. The van der Waals surface area contributed by atoms with E-state index in [0.29, 0.717) is 24.7 Å². The minimum absolute atomic E-state index is 0.0563. The van der Waals surface area contributed by atoms with Crippen LogP contribution in [0.5, 0.6) is 0 Å². The Morgan fingerprint density at radius 1 is 1.33 bits per heavy atom. The van der Waals surface area contributed by atoms with E-state index < -0.39 is 0 Å². The van der Waals surface area contributed by atoms with Gasteiger partial charge in [0.25, 0.3) is 0 Å². The maximum absolute atomic E-state index is 11.7. The van der Waals surface area contributed by atoms with Gasteiger partial charge in [-0.25, -0.2) is 4.68 Å². The number of hydrogen-bond donors (Lipinski definition) is 2. The number of hydrogen-bond acceptors (Lipinski definition) is 3.